The maximum Gasteiger partial charge on any atom is 0.286 e. The van der Waals surface area contributed by atoms with Gasteiger partial charge < -0.3 is 30.3 Å². The van der Waals surface area contributed by atoms with Crippen LogP contribution < -0.4 is 15.5 Å². The number of hydrogen-bond donors (Lipinski definition) is 3. The summed E-state index contributed by atoms with van der Waals surface area (Å²) in [4.78, 5) is 23.5. The highest BCUT2D eigenvalue weighted by atomic mass is 16.5. The van der Waals surface area contributed by atoms with Crippen LogP contribution in [0.5, 0.6) is 11.5 Å². The molecule has 1 atom stereocenters. The van der Waals surface area contributed by atoms with Crippen LogP contribution in [0.15, 0.2) is 35.6 Å². The lowest BCUT2D eigenvalue weighted by molar-refractivity contribution is -0.112. The molecule has 2 aromatic rings. The minimum absolute atomic E-state index is 0.00649. The third kappa shape index (κ3) is 5.72. The summed E-state index contributed by atoms with van der Waals surface area (Å²) in [5.74, 6) is 0.112. The molecule has 0 spiro atoms. The normalized spacial score (nSPS) is 20.5. The number of amidine groups is 1. The molecule has 1 aromatic carbocycles. The topological polar surface area (TPSA) is 140 Å². The zero-order valence-electron chi connectivity index (χ0n) is 22.5. The van der Waals surface area contributed by atoms with Crippen LogP contribution in [0.3, 0.4) is 0 Å². The van der Waals surface area contributed by atoms with Gasteiger partial charge in [-0.1, -0.05) is 13.8 Å². The van der Waals surface area contributed by atoms with E-state index >= 15 is 0 Å². The molecule has 1 unspecified atom stereocenters. The third-order valence-electron chi connectivity index (χ3n) is 7.37. The lowest BCUT2D eigenvalue weighted by Crippen LogP contribution is -2.43. The van der Waals surface area contributed by atoms with Gasteiger partial charge in [0.05, 0.1) is 44.9 Å². The number of carbonyl (C=O) groups excluding carboxylic acids is 1. The number of rotatable bonds is 8. The Morgan fingerprint density at radius 1 is 1.03 bits per heavy atom. The van der Waals surface area contributed by atoms with Crippen molar-refractivity contribution in [3.05, 3.63) is 41.6 Å². The van der Waals surface area contributed by atoms with Gasteiger partial charge in [0.25, 0.3) is 5.91 Å². The zero-order chi connectivity index (χ0) is 27.5. The van der Waals surface area contributed by atoms with Gasteiger partial charge in [0, 0.05) is 44.4 Å². The molecule has 3 aliphatic rings. The van der Waals surface area contributed by atoms with E-state index in [9.17, 15) is 15.0 Å². The second-order valence-electron chi connectivity index (χ2n) is 10.2. The van der Waals surface area contributed by atoms with Gasteiger partial charge in [-0.3, -0.25) is 19.6 Å². The Labute approximate surface area is 228 Å². The van der Waals surface area contributed by atoms with Crippen molar-refractivity contribution in [1.82, 2.24) is 14.9 Å². The van der Waals surface area contributed by atoms with E-state index in [2.05, 4.69) is 19.9 Å². The van der Waals surface area contributed by atoms with Crippen molar-refractivity contribution in [1.29, 1.82) is 0 Å². The van der Waals surface area contributed by atoms with Crippen molar-refractivity contribution in [2.24, 2.45) is 10.8 Å². The quantitative estimate of drug-likeness (QED) is 0.451. The average Bonchev–Trinajstić information content (AvgIpc) is 3.32. The Hall–Kier alpha value is -3.61. The molecule has 0 aliphatic carbocycles. The van der Waals surface area contributed by atoms with Crippen LogP contribution in [0, 0.1) is 0 Å². The predicted octanol–water partition coefficient (Wildman–Crippen LogP) is 1.40. The number of aromatic nitrogens is 1. The van der Waals surface area contributed by atoms with Crippen molar-refractivity contribution >= 4 is 23.2 Å². The Kier molecular flexibility index (Phi) is 8.05. The summed E-state index contributed by atoms with van der Waals surface area (Å²) < 4.78 is 10.9. The summed E-state index contributed by atoms with van der Waals surface area (Å²) in [6.07, 6.45) is 1.02. The number of nitrogens with zero attached hydrogens (tertiary/aromatic N) is 6. The number of morpholine rings is 2. The SMILES string of the molecule is CC(C)c1cc(C2N(CCN3CCOCC3)N=C(C(N)=O)N2c2ccc(N3CCOCC3)nc2)c(O)cc1O. The van der Waals surface area contributed by atoms with Gasteiger partial charge in [0.1, 0.15) is 17.3 Å². The molecule has 1 amide bonds. The molecule has 39 heavy (non-hydrogen) atoms. The second kappa shape index (κ2) is 11.6. The molecule has 3 aliphatic heterocycles. The fourth-order valence-electron chi connectivity index (χ4n) is 5.23. The van der Waals surface area contributed by atoms with Gasteiger partial charge in [-0.05, 0) is 29.7 Å². The van der Waals surface area contributed by atoms with Gasteiger partial charge in [-0.25, -0.2) is 4.98 Å². The van der Waals surface area contributed by atoms with E-state index < -0.39 is 12.1 Å². The van der Waals surface area contributed by atoms with Crippen LogP contribution in [0.4, 0.5) is 11.5 Å². The van der Waals surface area contributed by atoms with Crippen LogP contribution in [0.25, 0.3) is 0 Å². The molecule has 2 saturated heterocycles. The fraction of sp³-hybridized carbons (Fsp3) is 0.519. The maximum absolute atomic E-state index is 12.7. The van der Waals surface area contributed by atoms with E-state index in [1.54, 1.807) is 22.2 Å². The number of amides is 1. The highest BCUT2D eigenvalue weighted by molar-refractivity contribution is 6.43. The molecule has 5 rings (SSSR count). The fourth-order valence-corrected chi connectivity index (χ4v) is 5.23. The lowest BCUT2D eigenvalue weighted by Gasteiger charge is -2.34. The summed E-state index contributed by atoms with van der Waals surface area (Å²) in [5.41, 5.74) is 7.65. The smallest absolute Gasteiger partial charge is 0.286 e. The predicted molar refractivity (Wildman–Crippen MR) is 147 cm³/mol. The van der Waals surface area contributed by atoms with Gasteiger partial charge in [-0.15, -0.1) is 0 Å². The van der Waals surface area contributed by atoms with Crippen molar-refractivity contribution in [3.8, 4) is 11.5 Å². The number of hydrogen-bond acceptors (Lipinski definition) is 11. The molecule has 12 nitrogen and oxygen atoms in total. The van der Waals surface area contributed by atoms with Crippen molar-refractivity contribution in [2.45, 2.75) is 25.9 Å². The largest absolute Gasteiger partial charge is 0.508 e. The Morgan fingerprint density at radius 3 is 2.33 bits per heavy atom. The first-order chi connectivity index (χ1) is 18.8. The molecule has 1 aromatic heterocycles. The molecule has 0 saturated carbocycles. The van der Waals surface area contributed by atoms with E-state index in [4.69, 9.17) is 15.2 Å². The van der Waals surface area contributed by atoms with Crippen molar-refractivity contribution < 1.29 is 24.5 Å². The van der Waals surface area contributed by atoms with Crippen molar-refractivity contribution in [3.63, 3.8) is 0 Å². The Morgan fingerprint density at radius 2 is 1.72 bits per heavy atom. The number of benzene rings is 1. The minimum atomic E-state index is -0.687. The molecule has 0 bridgehead atoms. The van der Waals surface area contributed by atoms with Crippen LogP contribution >= 0.6 is 0 Å². The first kappa shape index (κ1) is 27.0. The van der Waals surface area contributed by atoms with E-state index in [1.165, 1.54) is 6.07 Å². The Bertz CT molecular complexity index is 1190. The number of hydrazone groups is 1. The van der Waals surface area contributed by atoms with Gasteiger partial charge >= 0.3 is 0 Å². The molecule has 4 heterocycles. The van der Waals surface area contributed by atoms with Gasteiger partial charge in [0.2, 0.25) is 5.84 Å². The average molecular weight is 540 g/mol. The summed E-state index contributed by atoms with van der Waals surface area (Å²) in [7, 11) is 0. The third-order valence-corrected chi connectivity index (χ3v) is 7.37. The summed E-state index contributed by atoms with van der Waals surface area (Å²) in [6.45, 7) is 10.9. The first-order valence-electron chi connectivity index (χ1n) is 13.4. The molecular formula is C27H37N7O5. The number of phenolic OH excluding ortho intramolecular Hbond substituents is 2. The van der Waals surface area contributed by atoms with Crippen LogP contribution in [-0.2, 0) is 14.3 Å². The van der Waals surface area contributed by atoms with Crippen molar-refractivity contribution in [2.75, 3.05) is 75.5 Å². The van der Waals surface area contributed by atoms with Crippen LogP contribution in [0.1, 0.15) is 37.1 Å². The number of phenols is 2. The molecule has 0 radical (unpaired) electrons. The maximum atomic E-state index is 12.7. The number of ether oxygens (including phenoxy) is 2. The van der Waals surface area contributed by atoms with E-state index in [-0.39, 0.29) is 23.3 Å². The first-order valence-corrected chi connectivity index (χ1v) is 13.4. The minimum Gasteiger partial charge on any atom is -0.508 e. The molecule has 2 fully saturated rings. The molecular weight excluding hydrogens is 502 g/mol. The molecule has 12 heteroatoms. The summed E-state index contributed by atoms with van der Waals surface area (Å²) in [5, 5.41) is 28.0. The summed E-state index contributed by atoms with van der Waals surface area (Å²) in [6, 6.07) is 6.92. The Balaban J connectivity index is 1.53. The standard InChI is InChI=1S/C27H37N7O5/c1-18(2)20-15-21(23(36)16-22(20)35)27-33(6-5-31-7-11-38-12-8-31)30-26(25(28)37)34(27)19-3-4-24(29-17-19)32-9-13-39-14-10-32/h3-4,15-18,27,35-36H,5-14H2,1-2H3,(H2,28,37). The number of primary amides is 1. The monoisotopic (exact) mass is 539 g/mol. The van der Waals surface area contributed by atoms with Crippen LogP contribution in [0.2, 0.25) is 0 Å². The zero-order valence-corrected chi connectivity index (χ0v) is 22.5. The number of anilines is 2. The molecule has 210 valence electrons. The highest BCUT2D eigenvalue weighted by Crippen LogP contribution is 2.42. The number of carbonyl (C=O) groups is 1. The summed E-state index contributed by atoms with van der Waals surface area (Å²) >= 11 is 0. The van der Waals surface area contributed by atoms with E-state index in [1.807, 2.05) is 26.0 Å². The molecule has 4 N–H and O–H groups in total. The number of aromatic hydroxyl groups is 2. The van der Waals surface area contributed by atoms with Gasteiger partial charge in [0.15, 0.2) is 6.17 Å². The second-order valence-corrected chi connectivity index (χ2v) is 10.2. The van der Waals surface area contributed by atoms with E-state index in [0.29, 0.717) is 56.3 Å². The van der Waals surface area contributed by atoms with Crippen LogP contribution in [-0.4, -0.2) is 103 Å². The highest BCUT2D eigenvalue weighted by Gasteiger charge is 2.41. The number of pyridine rings is 1. The lowest BCUT2D eigenvalue weighted by atomic mass is 9.97. The van der Waals surface area contributed by atoms with Gasteiger partial charge in [-0.2, -0.15) is 5.10 Å². The van der Waals surface area contributed by atoms with E-state index in [0.717, 1.165) is 32.0 Å². The number of nitrogens with two attached hydrogens (primary N) is 1.